The van der Waals surface area contributed by atoms with E-state index in [1.54, 1.807) is 26.0 Å². The summed E-state index contributed by atoms with van der Waals surface area (Å²) in [4.78, 5) is 0. The topological polar surface area (TPSA) is 69.9 Å². The molecule has 1 unspecified atom stereocenters. The normalized spacial score (nSPS) is 13.0. The maximum absolute atomic E-state index is 12.6. The van der Waals surface area contributed by atoms with E-state index in [0.29, 0.717) is 5.76 Å². The molecule has 1 N–H and O–H groups in total. The Morgan fingerprint density at radius 1 is 1.13 bits per heavy atom. The van der Waals surface area contributed by atoms with Crippen molar-refractivity contribution >= 4 is 13.5 Å². The van der Waals surface area contributed by atoms with Crippen LogP contribution in [0, 0.1) is 6.92 Å². The van der Waals surface area contributed by atoms with E-state index in [2.05, 4.69) is 5.32 Å². The van der Waals surface area contributed by atoms with Crippen LogP contribution in [-0.2, 0) is 18.1 Å². The van der Waals surface area contributed by atoms with Gasteiger partial charge in [-0.2, -0.15) is 0 Å². The number of aryl methyl sites for hydroxylation is 1. The van der Waals surface area contributed by atoms with Crippen molar-refractivity contribution in [2.45, 2.75) is 27.0 Å². The van der Waals surface area contributed by atoms with E-state index < -0.39 is 14.1 Å². The molecule has 0 bridgehead atoms. The predicted octanol–water partition coefficient (Wildman–Crippen LogP) is 4.90. The van der Waals surface area contributed by atoms with E-state index in [-0.39, 0.29) is 13.2 Å². The van der Waals surface area contributed by atoms with Gasteiger partial charge in [0.25, 0.3) is 0 Å². The first kappa shape index (κ1) is 17.8. The number of nitrogens with one attached hydrogen (secondary N) is 1. The maximum Gasteiger partial charge on any atom is 0.477 e. The first-order valence-corrected chi connectivity index (χ1v) is 8.96. The summed E-state index contributed by atoms with van der Waals surface area (Å²) in [5, 5.41) is 3.13. The van der Waals surface area contributed by atoms with Crippen molar-refractivity contribution in [1.29, 1.82) is 0 Å². The monoisotopic (exact) mass is 339 g/mol. The average Bonchev–Trinajstić information content (AvgIpc) is 3.03. The largest absolute Gasteiger partial charge is 0.477 e. The molecule has 6 nitrogen and oxygen atoms in total. The highest BCUT2D eigenvalue weighted by molar-refractivity contribution is 7.48. The fourth-order valence-corrected chi connectivity index (χ4v) is 3.18. The number of benzene rings is 1. The summed E-state index contributed by atoms with van der Waals surface area (Å²) in [6.07, 6.45) is 0.728. The highest BCUT2D eigenvalue weighted by Crippen LogP contribution is 2.53. The first-order valence-electron chi connectivity index (χ1n) is 7.50. The SMILES string of the molecule is CCOP(=O)(OCC)OC(Nc1ccc(C)cc1)c1ccco1. The third-order valence-electron chi connectivity index (χ3n) is 2.96. The van der Waals surface area contributed by atoms with E-state index in [1.807, 2.05) is 31.2 Å². The summed E-state index contributed by atoms with van der Waals surface area (Å²) in [5.41, 5.74) is 1.94. The summed E-state index contributed by atoms with van der Waals surface area (Å²) in [6.45, 7) is 5.89. The van der Waals surface area contributed by atoms with Crippen LogP contribution in [0.2, 0.25) is 0 Å². The summed E-state index contributed by atoms with van der Waals surface area (Å²) in [5.74, 6) is 0.477. The van der Waals surface area contributed by atoms with Crippen molar-refractivity contribution in [3.8, 4) is 0 Å². The van der Waals surface area contributed by atoms with Gasteiger partial charge in [0.1, 0.15) is 0 Å². The number of rotatable bonds is 9. The zero-order valence-corrected chi connectivity index (χ0v) is 14.4. The van der Waals surface area contributed by atoms with Crippen LogP contribution >= 0.6 is 7.82 Å². The Balaban J connectivity index is 2.20. The number of anilines is 1. The molecule has 0 spiro atoms. The van der Waals surface area contributed by atoms with Crippen LogP contribution < -0.4 is 5.32 Å². The van der Waals surface area contributed by atoms with Crippen molar-refractivity contribution in [2.75, 3.05) is 18.5 Å². The average molecular weight is 339 g/mol. The van der Waals surface area contributed by atoms with E-state index in [1.165, 1.54) is 6.26 Å². The van der Waals surface area contributed by atoms with Gasteiger partial charge in [0.05, 0.1) is 19.5 Å². The Kier molecular flexibility index (Phi) is 6.42. The lowest BCUT2D eigenvalue weighted by Crippen LogP contribution is -2.14. The van der Waals surface area contributed by atoms with Crippen LogP contribution in [0.3, 0.4) is 0 Å². The van der Waals surface area contributed by atoms with Gasteiger partial charge in [-0.25, -0.2) is 4.57 Å². The molecule has 1 atom stereocenters. The van der Waals surface area contributed by atoms with Gasteiger partial charge in [-0.1, -0.05) is 17.7 Å². The molecule has 1 aromatic heterocycles. The molecule has 1 aromatic carbocycles. The minimum absolute atomic E-state index is 0.215. The molecule has 0 aliphatic carbocycles. The third kappa shape index (κ3) is 5.22. The van der Waals surface area contributed by atoms with E-state index >= 15 is 0 Å². The van der Waals surface area contributed by atoms with Crippen LogP contribution in [0.1, 0.15) is 31.4 Å². The Bertz CT molecular complexity index is 616. The standard InChI is InChI=1S/C16H22NO5P/c1-4-20-23(18,21-5-2)22-16(15-7-6-12-19-15)17-14-10-8-13(3)9-11-14/h6-12,16-17H,4-5H2,1-3H3. The molecule has 0 aliphatic heterocycles. The minimum atomic E-state index is -3.69. The Labute approximate surface area is 136 Å². The Hall–Kier alpha value is -1.59. The Morgan fingerprint density at radius 3 is 2.30 bits per heavy atom. The molecule has 2 aromatic rings. The summed E-state index contributed by atoms with van der Waals surface area (Å²) >= 11 is 0. The van der Waals surface area contributed by atoms with Gasteiger partial charge in [0.2, 0.25) is 0 Å². The number of hydrogen-bond donors (Lipinski definition) is 1. The molecule has 0 aliphatic rings. The lowest BCUT2D eigenvalue weighted by molar-refractivity contribution is 0.0853. The molecule has 126 valence electrons. The number of hydrogen-bond acceptors (Lipinski definition) is 6. The molecule has 0 fully saturated rings. The highest BCUT2D eigenvalue weighted by atomic mass is 31.2. The molecule has 0 amide bonds. The van der Waals surface area contributed by atoms with Gasteiger partial charge in [0.15, 0.2) is 12.0 Å². The minimum Gasteiger partial charge on any atom is -0.465 e. The summed E-state index contributed by atoms with van der Waals surface area (Å²) < 4.78 is 34.0. The predicted molar refractivity (Wildman–Crippen MR) is 88.2 cm³/mol. The second-order valence-electron chi connectivity index (χ2n) is 4.79. The molecular formula is C16H22NO5P. The van der Waals surface area contributed by atoms with Crippen molar-refractivity contribution in [3.63, 3.8) is 0 Å². The quantitative estimate of drug-likeness (QED) is 0.518. The maximum atomic E-state index is 12.6. The van der Waals surface area contributed by atoms with Crippen molar-refractivity contribution < 1.29 is 22.6 Å². The van der Waals surface area contributed by atoms with Crippen LogP contribution in [0.4, 0.5) is 5.69 Å². The smallest absolute Gasteiger partial charge is 0.465 e. The van der Waals surface area contributed by atoms with E-state index in [9.17, 15) is 4.57 Å². The fourth-order valence-electron chi connectivity index (χ4n) is 1.93. The number of phosphoric ester groups is 1. The van der Waals surface area contributed by atoms with Gasteiger partial charge in [-0.05, 0) is 45.0 Å². The zero-order chi connectivity index (χ0) is 16.7. The van der Waals surface area contributed by atoms with Gasteiger partial charge < -0.3 is 9.73 Å². The van der Waals surface area contributed by atoms with Crippen LogP contribution in [-0.4, -0.2) is 13.2 Å². The van der Waals surface area contributed by atoms with Crippen molar-refractivity contribution in [1.82, 2.24) is 0 Å². The van der Waals surface area contributed by atoms with Crippen LogP contribution in [0.5, 0.6) is 0 Å². The van der Waals surface area contributed by atoms with E-state index in [4.69, 9.17) is 18.0 Å². The lowest BCUT2D eigenvalue weighted by Gasteiger charge is -2.23. The number of phosphoric acid groups is 1. The summed E-state index contributed by atoms with van der Waals surface area (Å²) in [6, 6.07) is 11.2. The molecule has 0 saturated heterocycles. The second kappa shape index (κ2) is 8.31. The molecule has 2 rings (SSSR count). The van der Waals surface area contributed by atoms with Crippen LogP contribution in [0.25, 0.3) is 0 Å². The van der Waals surface area contributed by atoms with E-state index in [0.717, 1.165) is 11.3 Å². The highest BCUT2D eigenvalue weighted by Gasteiger charge is 2.32. The molecule has 1 heterocycles. The molecular weight excluding hydrogens is 317 g/mol. The van der Waals surface area contributed by atoms with Gasteiger partial charge in [-0.3, -0.25) is 13.6 Å². The molecule has 23 heavy (non-hydrogen) atoms. The van der Waals surface area contributed by atoms with Gasteiger partial charge in [0, 0.05) is 5.69 Å². The molecule has 0 radical (unpaired) electrons. The molecule has 7 heteroatoms. The number of furan rings is 1. The van der Waals surface area contributed by atoms with Crippen molar-refractivity contribution in [3.05, 3.63) is 54.0 Å². The van der Waals surface area contributed by atoms with Crippen LogP contribution in [0.15, 0.2) is 47.1 Å². The summed E-state index contributed by atoms with van der Waals surface area (Å²) in [7, 11) is -3.69. The lowest BCUT2D eigenvalue weighted by atomic mass is 10.2. The van der Waals surface area contributed by atoms with Crippen molar-refractivity contribution in [2.24, 2.45) is 0 Å². The van der Waals surface area contributed by atoms with Gasteiger partial charge >= 0.3 is 7.82 Å². The Morgan fingerprint density at radius 2 is 1.78 bits per heavy atom. The first-order chi connectivity index (χ1) is 11.1. The van der Waals surface area contributed by atoms with Gasteiger partial charge in [-0.15, -0.1) is 0 Å². The molecule has 0 saturated carbocycles. The zero-order valence-electron chi connectivity index (χ0n) is 13.5. The fraction of sp³-hybridized carbons (Fsp3) is 0.375. The third-order valence-corrected chi connectivity index (χ3v) is 4.58. The second-order valence-corrected chi connectivity index (χ2v) is 6.42.